The predicted octanol–water partition coefficient (Wildman–Crippen LogP) is 2.08. The van der Waals surface area contributed by atoms with Gasteiger partial charge in [-0.3, -0.25) is 4.79 Å². The van der Waals surface area contributed by atoms with Crippen molar-refractivity contribution in [2.75, 3.05) is 6.54 Å². The number of nitrogens with one attached hydrogen (secondary N) is 1. The van der Waals surface area contributed by atoms with Crippen LogP contribution in [0.25, 0.3) is 0 Å². The summed E-state index contributed by atoms with van der Waals surface area (Å²) in [6.07, 6.45) is 3.03. The Bertz CT molecular complexity index is 117. The molecule has 3 heteroatoms. The minimum atomic E-state index is -0.0145. The molecule has 0 fully saturated rings. The molecule has 0 aromatic carbocycles. The number of rotatable bonds is 5. The Morgan fingerprint density at radius 3 is 2.64 bits per heavy atom. The van der Waals surface area contributed by atoms with Crippen LogP contribution in [0.2, 0.25) is 0 Å². The fraction of sp³-hybridized carbons (Fsp3) is 0.875. The van der Waals surface area contributed by atoms with Crippen LogP contribution in [0, 0.1) is 0 Å². The van der Waals surface area contributed by atoms with Gasteiger partial charge in [0.15, 0.2) is 0 Å². The first-order valence-corrected chi connectivity index (χ1v) is 5.05. The highest BCUT2D eigenvalue weighted by atomic mass is 79.9. The van der Waals surface area contributed by atoms with Gasteiger partial charge in [-0.25, -0.2) is 0 Å². The van der Waals surface area contributed by atoms with Gasteiger partial charge in [0.05, 0.1) is 4.83 Å². The van der Waals surface area contributed by atoms with Crippen LogP contribution in [-0.4, -0.2) is 17.3 Å². The Morgan fingerprint density at radius 1 is 1.55 bits per heavy atom. The van der Waals surface area contributed by atoms with Gasteiger partial charge in [0.2, 0.25) is 5.91 Å². The quantitative estimate of drug-likeness (QED) is 0.560. The van der Waals surface area contributed by atoms with Gasteiger partial charge < -0.3 is 5.32 Å². The second-order valence-corrected chi connectivity index (χ2v) is 3.63. The van der Waals surface area contributed by atoms with Crippen molar-refractivity contribution in [3.05, 3.63) is 0 Å². The van der Waals surface area contributed by atoms with Crippen LogP contribution in [0.4, 0.5) is 0 Å². The Morgan fingerprint density at radius 2 is 2.18 bits per heavy atom. The van der Waals surface area contributed by atoms with Crippen molar-refractivity contribution >= 4 is 21.8 Å². The second-order valence-electron chi connectivity index (χ2n) is 2.52. The summed E-state index contributed by atoms with van der Waals surface area (Å²) >= 11 is 3.28. The third-order valence-electron chi connectivity index (χ3n) is 1.47. The number of hydrogen-bond donors (Lipinski definition) is 1. The van der Waals surface area contributed by atoms with Crippen molar-refractivity contribution in [2.45, 2.75) is 37.9 Å². The lowest BCUT2D eigenvalue weighted by Gasteiger charge is -2.07. The summed E-state index contributed by atoms with van der Waals surface area (Å²) in [6.45, 7) is 4.90. The molecule has 0 aromatic heterocycles. The van der Waals surface area contributed by atoms with E-state index in [1.807, 2.05) is 6.92 Å². The summed E-state index contributed by atoms with van der Waals surface area (Å²) in [5.74, 6) is 0.112. The van der Waals surface area contributed by atoms with Crippen molar-refractivity contribution in [1.29, 1.82) is 0 Å². The maximum absolute atomic E-state index is 11.1. The SMILES string of the molecule is CCCCNC(=O)[C@H](Br)CC. The molecule has 0 saturated carbocycles. The first-order valence-electron chi connectivity index (χ1n) is 4.14. The molecule has 1 N–H and O–H groups in total. The van der Waals surface area contributed by atoms with Crippen LogP contribution in [0.3, 0.4) is 0 Å². The zero-order valence-corrected chi connectivity index (χ0v) is 8.78. The zero-order valence-electron chi connectivity index (χ0n) is 7.19. The maximum Gasteiger partial charge on any atom is 0.233 e. The number of carbonyl (C=O) groups is 1. The lowest BCUT2D eigenvalue weighted by atomic mass is 10.3. The Hall–Kier alpha value is -0.0500. The molecule has 0 aliphatic carbocycles. The van der Waals surface area contributed by atoms with Gasteiger partial charge >= 0.3 is 0 Å². The minimum Gasteiger partial charge on any atom is -0.355 e. The molecule has 0 aromatic rings. The van der Waals surface area contributed by atoms with Crippen LogP contribution < -0.4 is 5.32 Å². The molecule has 0 unspecified atom stereocenters. The summed E-state index contributed by atoms with van der Waals surface area (Å²) in [7, 11) is 0. The fourth-order valence-electron chi connectivity index (χ4n) is 0.685. The molecule has 1 atom stereocenters. The second kappa shape index (κ2) is 6.65. The topological polar surface area (TPSA) is 29.1 Å². The van der Waals surface area contributed by atoms with E-state index in [0.29, 0.717) is 0 Å². The minimum absolute atomic E-state index is 0.0145. The first kappa shape index (κ1) is 11.0. The highest BCUT2D eigenvalue weighted by molar-refractivity contribution is 9.10. The predicted molar refractivity (Wildman–Crippen MR) is 50.9 cm³/mol. The van der Waals surface area contributed by atoms with E-state index in [1.54, 1.807) is 0 Å². The van der Waals surface area contributed by atoms with Gasteiger partial charge in [0.1, 0.15) is 0 Å². The van der Waals surface area contributed by atoms with Crippen molar-refractivity contribution in [3.63, 3.8) is 0 Å². The van der Waals surface area contributed by atoms with Gasteiger partial charge in [-0.05, 0) is 12.8 Å². The highest BCUT2D eigenvalue weighted by Crippen LogP contribution is 2.03. The molecular weight excluding hydrogens is 206 g/mol. The average molecular weight is 222 g/mol. The van der Waals surface area contributed by atoms with E-state index in [2.05, 4.69) is 28.2 Å². The van der Waals surface area contributed by atoms with Gasteiger partial charge in [0, 0.05) is 6.54 Å². The summed E-state index contributed by atoms with van der Waals surface area (Å²) in [6, 6.07) is 0. The largest absolute Gasteiger partial charge is 0.355 e. The maximum atomic E-state index is 11.1. The summed E-state index contributed by atoms with van der Waals surface area (Å²) in [5, 5.41) is 2.85. The molecular formula is C8H16BrNO. The van der Waals surface area contributed by atoms with E-state index in [0.717, 1.165) is 25.8 Å². The van der Waals surface area contributed by atoms with Crippen LogP contribution in [0.15, 0.2) is 0 Å². The molecule has 0 rings (SSSR count). The lowest BCUT2D eigenvalue weighted by Crippen LogP contribution is -2.31. The monoisotopic (exact) mass is 221 g/mol. The molecule has 66 valence electrons. The lowest BCUT2D eigenvalue weighted by molar-refractivity contribution is -0.120. The van der Waals surface area contributed by atoms with E-state index in [4.69, 9.17) is 0 Å². The van der Waals surface area contributed by atoms with Gasteiger partial charge in [-0.2, -0.15) is 0 Å². The van der Waals surface area contributed by atoms with E-state index in [-0.39, 0.29) is 10.7 Å². The van der Waals surface area contributed by atoms with Gasteiger partial charge in [-0.15, -0.1) is 0 Å². The number of carbonyl (C=O) groups excluding carboxylic acids is 1. The number of alkyl halides is 1. The zero-order chi connectivity index (χ0) is 8.69. The van der Waals surface area contributed by atoms with Crippen molar-refractivity contribution in [3.8, 4) is 0 Å². The van der Waals surface area contributed by atoms with E-state index in [1.165, 1.54) is 0 Å². The third kappa shape index (κ3) is 5.24. The number of halogens is 1. The first-order chi connectivity index (χ1) is 5.22. The standard InChI is InChI=1S/C8H16BrNO/c1-3-5-6-10-8(11)7(9)4-2/h7H,3-6H2,1-2H3,(H,10,11)/t7-/m1/s1. The molecule has 0 aliphatic rings. The summed E-state index contributed by atoms with van der Waals surface area (Å²) < 4.78 is 0. The average Bonchev–Trinajstić information content (AvgIpc) is 2.03. The third-order valence-corrected chi connectivity index (χ3v) is 2.54. The van der Waals surface area contributed by atoms with Crippen LogP contribution in [0.5, 0.6) is 0 Å². The van der Waals surface area contributed by atoms with Crippen LogP contribution in [0.1, 0.15) is 33.1 Å². The fourth-order valence-corrected chi connectivity index (χ4v) is 0.846. The summed E-state index contributed by atoms with van der Waals surface area (Å²) in [4.78, 5) is 11.1. The van der Waals surface area contributed by atoms with Crippen molar-refractivity contribution in [1.82, 2.24) is 5.32 Å². The Kier molecular flexibility index (Phi) is 6.62. The molecule has 0 heterocycles. The Balaban J connectivity index is 3.36. The smallest absolute Gasteiger partial charge is 0.233 e. The van der Waals surface area contributed by atoms with Crippen molar-refractivity contribution < 1.29 is 4.79 Å². The molecule has 2 nitrogen and oxygen atoms in total. The van der Waals surface area contributed by atoms with Gasteiger partial charge in [0.25, 0.3) is 0 Å². The number of unbranched alkanes of at least 4 members (excludes halogenated alkanes) is 1. The molecule has 11 heavy (non-hydrogen) atoms. The highest BCUT2D eigenvalue weighted by Gasteiger charge is 2.09. The molecule has 0 aliphatic heterocycles. The van der Waals surface area contributed by atoms with Gasteiger partial charge in [-0.1, -0.05) is 36.2 Å². The summed E-state index contributed by atoms with van der Waals surface area (Å²) in [5.41, 5.74) is 0. The molecule has 0 saturated heterocycles. The molecule has 0 spiro atoms. The van der Waals surface area contributed by atoms with Crippen LogP contribution in [-0.2, 0) is 4.79 Å². The van der Waals surface area contributed by atoms with Crippen LogP contribution >= 0.6 is 15.9 Å². The Labute approximate surface area is 76.9 Å². The van der Waals surface area contributed by atoms with E-state index in [9.17, 15) is 4.79 Å². The molecule has 0 bridgehead atoms. The van der Waals surface area contributed by atoms with E-state index < -0.39 is 0 Å². The van der Waals surface area contributed by atoms with E-state index >= 15 is 0 Å². The number of hydrogen-bond acceptors (Lipinski definition) is 1. The normalized spacial score (nSPS) is 12.6. The molecule has 1 amide bonds. The number of amides is 1. The molecule has 0 radical (unpaired) electrons. The van der Waals surface area contributed by atoms with Crippen molar-refractivity contribution in [2.24, 2.45) is 0 Å².